The Morgan fingerprint density at radius 3 is 2.38 bits per heavy atom. The monoisotopic (exact) mass is 187 g/mol. The van der Waals surface area contributed by atoms with Crippen LogP contribution in [0.5, 0.6) is 0 Å². The molecule has 0 spiro atoms. The van der Waals surface area contributed by atoms with Crippen molar-refractivity contribution < 1.29 is 4.79 Å². The Morgan fingerprint density at radius 2 is 2.00 bits per heavy atom. The molecular weight excluding hydrogens is 166 g/mol. The third kappa shape index (κ3) is 6.40. The predicted octanol–water partition coefficient (Wildman–Crippen LogP) is 0.821. The molecular formula is C9H21N3O. The van der Waals surface area contributed by atoms with Gasteiger partial charge < -0.3 is 16.4 Å². The molecule has 0 heterocycles. The second-order valence-electron chi connectivity index (χ2n) is 4.18. The molecule has 0 aliphatic carbocycles. The van der Waals surface area contributed by atoms with Gasteiger partial charge in [0, 0.05) is 11.6 Å². The van der Waals surface area contributed by atoms with Crippen LogP contribution < -0.4 is 16.4 Å². The van der Waals surface area contributed by atoms with Crippen molar-refractivity contribution in [3.05, 3.63) is 0 Å². The lowest BCUT2D eigenvalue weighted by Gasteiger charge is -2.26. The molecule has 2 amide bonds. The van der Waals surface area contributed by atoms with Crippen molar-refractivity contribution in [3.63, 3.8) is 0 Å². The van der Waals surface area contributed by atoms with Crippen molar-refractivity contribution in [2.75, 3.05) is 6.54 Å². The summed E-state index contributed by atoms with van der Waals surface area (Å²) >= 11 is 0. The topological polar surface area (TPSA) is 67.2 Å². The van der Waals surface area contributed by atoms with E-state index in [-0.39, 0.29) is 17.6 Å². The lowest BCUT2D eigenvalue weighted by atomic mass is 10.0. The highest BCUT2D eigenvalue weighted by molar-refractivity contribution is 5.74. The van der Waals surface area contributed by atoms with E-state index >= 15 is 0 Å². The Kier molecular flexibility index (Phi) is 4.77. The molecule has 13 heavy (non-hydrogen) atoms. The Morgan fingerprint density at radius 1 is 1.46 bits per heavy atom. The highest BCUT2D eigenvalue weighted by atomic mass is 16.2. The summed E-state index contributed by atoms with van der Waals surface area (Å²) in [6.45, 7) is 8.35. The summed E-state index contributed by atoms with van der Waals surface area (Å²) in [5, 5.41) is 5.62. The zero-order valence-corrected chi connectivity index (χ0v) is 8.98. The molecule has 4 heteroatoms. The van der Waals surface area contributed by atoms with Gasteiger partial charge in [-0.15, -0.1) is 0 Å². The fourth-order valence-electron chi connectivity index (χ4n) is 1.03. The minimum atomic E-state index is -0.228. The maximum absolute atomic E-state index is 11.3. The van der Waals surface area contributed by atoms with E-state index in [2.05, 4.69) is 10.6 Å². The lowest BCUT2D eigenvalue weighted by molar-refractivity contribution is 0.226. The average Bonchev–Trinajstić information content (AvgIpc) is 1.81. The molecule has 0 unspecified atom stereocenters. The second kappa shape index (κ2) is 5.07. The quantitative estimate of drug-likeness (QED) is 0.610. The first-order valence-electron chi connectivity index (χ1n) is 4.66. The number of nitrogens with one attached hydrogen (secondary N) is 2. The minimum Gasteiger partial charge on any atom is -0.336 e. The lowest BCUT2D eigenvalue weighted by Crippen LogP contribution is -2.50. The molecule has 0 aliphatic rings. The first kappa shape index (κ1) is 12.2. The molecule has 0 bridgehead atoms. The number of amides is 2. The van der Waals surface area contributed by atoms with Gasteiger partial charge >= 0.3 is 6.03 Å². The van der Waals surface area contributed by atoms with Crippen LogP contribution in [0.15, 0.2) is 0 Å². The van der Waals surface area contributed by atoms with E-state index in [1.165, 1.54) is 0 Å². The molecule has 4 N–H and O–H groups in total. The first-order chi connectivity index (χ1) is 5.87. The summed E-state index contributed by atoms with van der Waals surface area (Å²) in [5.74, 6) is 0. The van der Waals surface area contributed by atoms with E-state index in [9.17, 15) is 4.79 Å². The highest BCUT2D eigenvalue weighted by Crippen LogP contribution is 2.05. The molecule has 0 aliphatic heterocycles. The van der Waals surface area contributed by atoms with Gasteiger partial charge in [0.1, 0.15) is 0 Å². The third-order valence-corrected chi connectivity index (χ3v) is 1.64. The van der Waals surface area contributed by atoms with E-state index in [1.807, 2.05) is 27.7 Å². The standard InChI is InChI=1S/C9H21N3O/c1-7(2)11-8(13)12-9(3,4)5-6-10/h7H,5-6,10H2,1-4H3,(H2,11,12,13). The van der Waals surface area contributed by atoms with Gasteiger partial charge in [-0.2, -0.15) is 0 Å². The first-order valence-corrected chi connectivity index (χ1v) is 4.66. The number of urea groups is 1. The normalized spacial score (nSPS) is 11.5. The molecule has 0 aromatic heterocycles. The van der Waals surface area contributed by atoms with Crippen molar-refractivity contribution in [1.29, 1.82) is 0 Å². The highest BCUT2D eigenvalue weighted by Gasteiger charge is 2.19. The van der Waals surface area contributed by atoms with Crippen LogP contribution in [-0.4, -0.2) is 24.2 Å². The number of rotatable bonds is 4. The molecule has 0 saturated heterocycles. The summed E-state index contributed by atoms with van der Waals surface area (Å²) in [7, 11) is 0. The van der Waals surface area contributed by atoms with Crippen LogP contribution in [0.3, 0.4) is 0 Å². The number of hydrogen-bond donors (Lipinski definition) is 3. The second-order valence-corrected chi connectivity index (χ2v) is 4.18. The van der Waals surface area contributed by atoms with E-state index < -0.39 is 0 Å². The van der Waals surface area contributed by atoms with E-state index in [0.29, 0.717) is 6.54 Å². The fourth-order valence-corrected chi connectivity index (χ4v) is 1.03. The average molecular weight is 187 g/mol. The van der Waals surface area contributed by atoms with Crippen molar-refractivity contribution in [1.82, 2.24) is 10.6 Å². The molecule has 0 rings (SSSR count). The minimum absolute atomic E-state index is 0.131. The van der Waals surface area contributed by atoms with Crippen LogP contribution in [0.4, 0.5) is 4.79 Å². The van der Waals surface area contributed by atoms with Gasteiger partial charge in [0.05, 0.1) is 0 Å². The Hall–Kier alpha value is -0.770. The summed E-state index contributed by atoms with van der Waals surface area (Å²) in [6, 6.07) is 0.0297. The van der Waals surface area contributed by atoms with Gasteiger partial charge in [0.15, 0.2) is 0 Å². The Bertz CT molecular complexity index is 166. The zero-order valence-electron chi connectivity index (χ0n) is 8.98. The molecule has 4 nitrogen and oxygen atoms in total. The van der Waals surface area contributed by atoms with Gasteiger partial charge in [-0.05, 0) is 40.7 Å². The number of carbonyl (C=O) groups excluding carboxylic acids is 1. The van der Waals surface area contributed by atoms with E-state index in [0.717, 1.165) is 6.42 Å². The SMILES string of the molecule is CC(C)NC(=O)NC(C)(C)CCN. The number of carbonyl (C=O) groups is 1. The van der Waals surface area contributed by atoms with Gasteiger partial charge in [-0.3, -0.25) is 0 Å². The third-order valence-electron chi connectivity index (χ3n) is 1.64. The molecule has 0 radical (unpaired) electrons. The Balaban J connectivity index is 3.89. The maximum atomic E-state index is 11.3. The van der Waals surface area contributed by atoms with Crippen molar-refractivity contribution >= 4 is 6.03 Å². The van der Waals surface area contributed by atoms with Gasteiger partial charge in [-0.1, -0.05) is 0 Å². The largest absolute Gasteiger partial charge is 0.336 e. The Labute approximate surface area is 80.3 Å². The van der Waals surface area contributed by atoms with Crippen molar-refractivity contribution in [3.8, 4) is 0 Å². The zero-order chi connectivity index (χ0) is 10.5. The van der Waals surface area contributed by atoms with Crippen LogP contribution in [-0.2, 0) is 0 Å². The molecule has 78 valence electrons. The number of nitrogens with two attached hydrogens (primary N) is 1. The summed E-state index contributed by atoms with van der Waals surface area (Å²) < 4.78 is 0. The van der Waals surface area contributed by atoms with E-state index in [4.69, 9.17) is 5.73 Å². The fraction of sp³-hybridized carbons (Fsp3) is 0.889. The van der Waals surface area contributed by atoms with Crippen molar-refractivity contribution in [2.24, 2.45) is 5.73 Å². The van der Waals surface area contributed by atoms with E-state index in [1.54, 1.807) is 0 Å². The van der Waals surface area contributed by atoms with Gasteiger partial charge in [0.2, 0.25) is 0 Å². The predicted molar refractivity (Wildman–Crippen MR) is 54.6 cm³/mol. The summed E-state index contributed by atoms with van der Waals surface area (Å²) in [5.41, 5.74) is 5.19. The summed E-state index contributed by atoms with van der Waals surface area (Å²) in [6.07, 6.45) is 0.776. The van der Waals surface area contributed by atoms with Crippen LogP contribution in [0, 0.1) is 0 Å². The number of hydrogen-bond acceptors (Lipinski definition) is 2. The maximum Gasteiger partial charge on any atom is 0.315 e. The molecule has 0 aromatic carbocycles. The van der Waals surface area contributed by atoms with Gasteiger partial charge in [-0.25, -0.2) is 4.79 Å². The van der Waals surface area contributed by atoms with Crippen LogP contribution in [0.2, 0.25) is 0 Å². The van der Waals surface area contributed by atoms with Crippen LogP contribution in [0.25, 0.3) is 0 Å². The molecule has 0 fully saturated rings. The van der Waals surface area contributed by atoms with Crippen molar-refractivity contribution in [2.45, 2.75) is 45.7 Å². The molecule has 0 aromatic rings. The molecule has 0 atom stereocenters. The smallest absolute Gasteiger partial charge is 0.315 e. The van der Waals surface area contributed by atoms with Crippen LogP contribution in [0.1, 0.15) is 34.1 Å². The van der Waals surface area contributed by atoms with Gasteiger partial charge in [0.25, 0.3) is 0 Å². The van der Waals surface area contributed by atoms with Crippen LogP contribution >= 0.6 is 0 Å². The summed E-state index contributed by atoms with van der Waals surface area (Å²) in [4.78, 5) is 11.3. The molecule has 0 saturated carbocycles.